The summed E-state index contributed by atoms with van der Waals surface area (Å²) in [5, 5.41) is 24.4. The van der Waals surface area contributed by atoms with E-state index in [0.717, 1.165) is 62.9 Å². The third-order valence-corrected chi connectivity index (χ3v) is 4.45. The molecule has 1 atom stereocenters. The van der Waals surface area contributed by atoms with Gasteiger partial charge in [-0.15, -0.1) is 10.2 Å². The minimum atomic E-state index is 0.242. The molecule has 1 aromatic heterocycles. The van der Waals surface area contributed by atoms with Gasteiger partial charge in [0.05, 0.1) is 0 Å². The number of aliphatic imine (C=N–C) groups is 1. The zero-order chi connectivity index (χ0) is 17.2. The number of guanidine groups is 1. The average molecular weight is 336 g/mol. The van der Waals surface area contributed by atoms with Crippen molar-refractivity contribution in [1.82, 2.24) is 25.4 Å². The molecular weight excluding hydrogens is 304 g/mol. The second kappa shape index (κ2) is 10.3. The van der Waals surface area contributed by atoms with Crippen molar-refractivity contribution < 1.29 is 5.11 Å². The molecule has 0 aromatic carbocycles. The normalized spacial score (nSPS) is 15.9. The first-order valence-electron chi connectivity index (χ1n) is 9.32. The molecule has 2 heterocycles. The molecule has 0 fully saturated rings. The van der Waals surface area contributed by atoms with Gasteiger partial charge in [0.15, 0.2) is 11.8 Å². The van der Waals surface area contributed by atoms with Crippen LogP contribution >= 0.6 is 0 Å². The van der Waals surface area contributed by atoms with E-state index >= 15 is 0 Å². The predicted molar refractivity (Wildman–Crippen MR) is 95.9 cm³/mol. The fraction of sp³-hybridized carbons (Fsp3) is 0.824. The van der Waals surface area contributed by atoms with Gasteiger partial charge in [-0.3, -0.25) is 0 Å². The minimum absolute atomic E-state index is 0.242. The van der Waals surface area contributed by atoms with Gasteiger partial charge in [-0.1, -0.05) is 13.3 Å². The summed E-state index contributed by atoms with van der Waals surface area (Å²) >= 11 is 0. The Balaban J connectivity index is 1.93. The maximum Gasteiger partial charge on any atom is 0.191 e. The molecule has 1 aromatic rings. The molecule has 2 rings (SSSR count). The lowest BCUT2D eigenvalue weighted by molar-refractivity contribution is 0.251. The molecule has 0 radical (unpaired) electrons. The maximum atomic E-state index is 9.18. The highest BCUT2D eigenvalue weighted by Crippen LogP contribution is 2.14. The van der Waals surface area contributed by atoms with Crippen LogP contribution in [0.4, 0.5) is 0 Å². The van der Waals surface area contributed by atoms with Crippen molar-refractivity contribution in [3.8, 4) is 0 Å². The fourth-order valence-electron chi connectivity index (χ4n) is 3.16. The number of aromatic nitrogens is 3. The molecule has 0 amide bonds. The van der Waals surface area contributed by atoms with E-state index in [9.17, 15) is 5.11 Å². The Bertz CT molecular complexity index is 507. The van der Waals surface area contributed by atoms with E-state index in [0.29, 0.717) is 12.5 Å². The van der Waals surface area contributed by atoms with E-state index < -0.39 is 0 Å². The quantitative estimate of drug-likeness (QED) is 0.469. The van der Waals surface area contributed by atoms with E-state index in [1.54, 1.807) is 0 Å². The van der Waals surface area contributed by atoms with Crippen molar-refractivity contribution >= 4 is 5.96 Å². The molecule has 0 aliphatic carbocycles. The molecule has 7 nitrogen and oxygen atoms in total. The van der Waals surface area contributed by atoms with Crippen LogP contribution in [0.3, 0.4) is 0 Å². The van der Waals surface area contributed by atoms with Crippen LogP contribution in [0.25, 0.3) is 0 Å². The van der Waals surface area contributed by atoms with Crippen molar-refractivity contribution in [1.29, 1.82) is 0 Å². The number of nitrogens with one attached hydrogen (secondary N) is 2. The van der Waals surface area contributed by atoms with E-state index in [2.05, 4.69) is 44.2 Å². The van der Waals surface area contributed by atoms with E-state index in [1.807, 2.05) is 0 Å². The minimum Gasteiger partial charge on any atom is -0.396 e. The number of fused-ring (bicyclic) bond motifs is 1. The monoisotopic (exact) mass is 336 g/mol. The molecular formula is C17H32N6O. The molecule has 0 saturated heterocycles. The first-order valence-corrected chi connectivity index (χ1v) is 9.32. The summed E-state index contributed by atoms with van der Waals surface area (Å²) in [6, 6.07) is 0. The Morgan fingerprint density at radius 1 is 1.25 bits per heavy atom. The van der Waals surface area contributed by atoms with Crippen LogP contribution in [0.15, 0.2) is 4.99 Å². The Kier molecular flexibility index (Phi) is 8.01. The Morgan fingerprint density at radius 3 is 2.88 bits per heavy atom. The zero-order valence-corrected chi connectivity index (χ0v) is 15.1. The molecule has 0 bridgehead atoms. The number of nitrogens with zero attached hydrogens (tertiary/aromatic N) is 4. The highest BCUT2D eigenvalue weighted by Gasteiger charge is 2.15. The van der Waals surface area contributed by atoms with Gasteiger partial charge in [-0.05, 0) is 38.5 Å². The van der Waals surface area contributed by atoms with Crippen molar-refractivity contribution in [2.24, 2.45) is 10.9 Å². The second-order valence-corrected chi connectivity index (χ2v) is 6.38. The van der Waals surface area contributed by atoms with Gasteiger partial charge in [0.1, 0.15) is 12.4 Å². The smallest absolute Gasteiger partial charge is 0.191 e. The van der Waals surface area contributed by atoms with Crippen LogP contribution in [-0.2, 0) is 19.5 Å². The largest absolute Gasteiger partial charge is 0.396 e. The third-order valence-electron chi connectivity index (χ3n) is 4.45. The number of aliphatic hydroxyl groups is 1. The summed E-state index contributed by atoms with van der Waals surface area (Å²) in [6.07, 6.45) is 6.50. The van der Waals surface area contributed by atoms with E-state index in [-0.39, 0.29) is 6.61 Å². The van der Waals surface area contributed by atoms with Gasteiger partial charge in [0, 0.05) is 32.7 Å². The second-order valence-electron chi connectivity index (χ2n) is 6.38. The van der Waals surface area contributed by atoms with Gasteiger partial charge < -0.3 is 20.3 Å². The number of hydrogen-bond donors (Lipinski definition) is 3. The number of rotatable bonds is 9. The molecule has 0 spiro atoms. The average Bonchev–Trinajstić information content (AvgIpc) is 3.01. The van der Waals surface area contributed by atoms with Crippen LogP contribution in [0.5, 0.6) is 0 Å². The van der Waals surface area contributed by atoms with Gasteiger partial charge in [-0.2, -0.15) is 0 Å². The molecule has 136 valence electrons. The Labute approximate surface area is 145 Å². The Morgan fingerprint density at radius 2 is 2.12 bits per heavy atom. The lowest BCUT2D eigenvalue weighted by Crippen LogP contribution is -2.40. The first-order chi connectivity index (χ1) is 11.8. The Hall–Kier alpha value is -1.63. The van der Waals surface area contributed by atoms with E-state index in [1.165, 1.54) is 12.8 Å². The lowest BCUT2D eigenvalue weighted by Gasteiger charge is -2.18. The SMILES string of the molecule is CCCC(CCO)CNC(=NCc1nnc2n1CCCC2)NCC. The predicted octanol–water partition coefficient (Wildman–Crippen LogP) is 1.47. The van der Waals surface area contributed by atoms with Crippen LogP contribution in [0.2, 0.25) is 0 Å². The van der Waals surface area contributed by atoms with Crippen LogP contribution in [0.1, 0.15) is 57.6 Å². The van der Waals surface area contributed by atoms with Crippen molar-refractivity contribution in [2.75, 3.05) is 19.7 Å². The topological polar surface area (TPSA) is 87.4 Å². The molecule has 0 saturated carbocycles. The summed E-state index contributed by atoms with van der Waals surface area (Å²) in [7, 11) is 0. The van der Waals surface area contributed by atoms with Crippen LogP contribution in [-0.4, -0.2) is 45.5 Å². The van der Waals surface area contributed by atoms with Crippen molar-refractivity contribution in [2.45, 2.75) is 65.5 Å². The van der Waals surface area contributed by atoms with Gasteiger partial charge in [0.25, 0.3) is 0 Å². The molecule has 3 N–H and O–H groups in total. The summed E-state index contributed by atoms with van der Waals surface area (Å²) in [6.45, 7) is 7.69. The molecule has 1 aliphatic heterocycles. The van der Waals surface area contributed by atoms with Crippen LogP contribution in [0, 0.1) is 5.92 Å². The lowest BCUT2D eigenvalue weighted by atomic mass is 10.0. The molecule has 1 aliphatic rings. The standard InChI is InChI=1S/C17H32N6O/c1-3-7-14(9-11-24)12-19-17(18-4-2)20-13-16-22-21-15-8-5-6-10-23(15)16/h14,24H,3-13H2,1-2H3,(H2,18,19,20). The third kappa shape index (κ3) is 5.47. The zero-order valence-electron chi connectivity index (χ0n) is 15.1. The van der Waals surface area contributed by atoms with Crippen LogP contribution < -0.4 is 10.6 Å². The number of aliphatic hydroxyl groups excluding tert-OH is 1. The maximum absolute atomic E-state index is 9.18. The highest BCUT2D eigenvalue weighted by molar-refractivity contribution is 5.79. The molecule has 1 unspecified atom stereocenters. The number of hydrogen-bond acceptors (Lipinski definition) is 4. The summed E-state index contributed by atoms with van der Waals surface area (Å²) in [5.41, 5.74) is 0. The summed E-state index contributed by atoms with van der Waals surface area (Å²) in [4.78, 5) is 4.66. The van der Waals surface area contributed by atoms with Crippen molar-refractivity contribution in [3.63, 3.8) is 0 Å². The van der Waals surface area contributed by atoms with Gasteiger partial charge in [0.2, 0.25) is 0 Å². The fourth-order valence-corrected chi connectivity index (χ4v) is 3.16. The summed E-state index contributed by atoms with van der Waals surface area (Å²) in [5.74, 6) is 3.33. The molecule has 24 heavy (non-hydrogen) atoms. The van der Waals surface area contributed by atoms with Crippen molar-refractivity contribution in [3.05, 3.63) is 11.6 Å². The van der Waals surface area contributed by atoms with E-state index in [4.69, 9.17) is 0 Å². The first kappa shape index (κ1) is 18.7. The molecule has 7 heteroatoms. The van der Waals surface area contributed by atoms with Gasteiger partial charge in [-0.25, -0.2) is 4.99 Å². The van der Waals surface area contributed by atoms with Gasteiger partial charge >= 0.3 is 0 Å². The highest BCUT2D eigenvalue weighted by atomic mass is 16.3. The summed E-state index contributed by atoms with van der Waals surface area (Å²) < 4.78 is 2.21. The number of aryl methyl sites for hydroxylation is 1.